The fourth-order valence-corrected chi connectivity index (χ4v) is 1.97. The predicted molar refractivity (Wildman–Crippen MR) is 99.1 cm³/mol. The second-order valence-electron chi connectivity index (χ2n) is 5.20. The van der Waals surface area contributed by atoms with Crippen LogP contribution in [0.25, 0.3) is 0 Å². The number of carbonyl (C=O) groups excluding carboxylic acids is 1. The zero-order valence-electron chi connectivity index (χ0n) is 14.3. The standard InChI is InChI=1S/C21H20O5/c1-2-3-4-5-6-10-13-24-20-16-25-18(14-19(20)22)15-26-21(23)17-11-8-7-9-12-17/h2-4,6-12,14,16H,1,5,13,15H2/b4-3+,10-6+. The third-order valence-corrected chi connectivity index (χ3v) is 3.25. The molecule has 5 nitrogen and oxygen atoms in total. The fourth-order valence-electron chi connectivity index (χ4n) is 1.97. The highest BCUT2D eigenvalue weighted by Gasteiger charge is 2.09. The Hall–Kier alpha value is -3.34. The summed E-state index contributed by atoms with van der Waals surface area (Å²) in [6.07, 6.45) is 11.2. The van der Waals surface area contributed by atoms with Gasteiger partial charge in [-0.25, -0.2) is 4.79 Å². The predicted octanol–water partition coefficient (Wildman–Crippen LogP) is 4.06. The minimum Gasteiger partial charge on any atom is -0.482 e. The summed E-state index contributed by atoms with van der Waals surface area (Å²) in [4.78, 5) is 23.8. The molecular weight excluding hydrogens is 332 g/mol. The second kappa shape index (κ2) is 10.5. The van der Waals surface area contributed by atoms with E-state index in [0.717, 1.165) is 6.42 Å². The van der Waals surface area contributed by atoms with Crippen LogP contribution in [0.15, 0.2) is 88.8 Å². The molecule has 134 valence electrons. The van der Waals surface area contributed by atoms with E-state index >= 15 is 0 Å². The smallest absolute Gasteiger partial charge is 0.338 e. The van der Waals surface area contributed by atoms with Crippen molar-refractivity contribution in [3.05, 3.63) is 101 Å². The first-order chi connectivity index (χ1) is 12.7. The van der Waals surface area contributed by atoms with E-state index in [1.54, 1.807) is 30.3 Å². The second-order valence-corrected chi connectivity index (χ2v) is 5.20. The average Bonchev–Trinajstić information content (AvgIpc) is 2.67. The van der Waals surface area contributed by atoms with Crippen LogP contribution >= 0.6 is 0 Å². The zero-order chi connectivity index (χ0) is 18.6. The normalized spacial score (nSPS) is 10.9. The first kappa shape index (κ1) is 19.0. The number of benzene rings is 1. The summed E-state index contributed by atoms with van der Waals surface area (Å²) in [6, 6.07) is 9.85. The van der Waals surface area contributed by atoms with Crippen molar-refractivity contribution in [1.29, 1.82) is 0 Å². The Morgan fingerprint density at radius 1 is 1.15 bits per heavy atom. The van der Waals surface area contributed by atoms with E-state index in [1.807, 2.05) is 30.4 Å². The molecule has 0 aliphatic rings. The third kappa shape index (κ3) is 6.28. The minimum atomic E-state index is -0.482. The first-order valence-electron chi connectivity index (χ1n) is 8.10. The Labute approximate surface area is 151 Å². The molecule has 26 heavy (non-hydrogen) atoms. The number of allylic oxidation sites excluding steroid dienone is 4. The molecule has 2 rings (SSSR count). The van der Waals surface area contributed by atoms with E-state index in [4.69, 9.17) is 13.9 Å². The quantitative estimate of drug-likeness (QED) is 0.387. The van der Waals surface area contributed by atoms with Crippen LogP contribution < -0.4 is 10.2 Å². The number of hydrogen-bond acceptors (Lipinski definition) is 5. The number of esters is 1. The Morgan fingerprint density at radius 2 is 1.96 bits per heavy atom. The topological polar surface area (TPSA) is 65.7 Å². The van der Waals surface area contributed by atoms with E-state index in [2.05, 4.69) is 6.58 Å². The molecule has 1 aromatic carbocycles. The van der Waals surface area contributed by atoms with Crippen LogP contribution in [0.1, 0.15) is 22.5 Å². The van der Waals surface area contributed by atoms with E-state index in [1.165, 1.54) is 12.3 Å². The molecule has 0 aliphatic carbocycles. The maximum Gasteiger partial charge on any atom is 0.338 e. The van der Waals surface area contributed by atoms with Crippen molar-refractivity contribution in [3.8, 4) is 5.75 Å². The van der Waals surface area contributed by atoms with Gasteiger partial charge in [-0.3, -0.25) is 4.79 Å². The summed E-state index contributed by atoms with van der Waals surface area (Å²) >= 11 is 0. The molecule has 0 saturated heterocycles. The van der Waals surface area contributed by atoms with Gasteiger partial charge in [-0.1, -0.05) is 55.2 Å². The highest BCUT2D eigenvalue weighted by molar-refractivity contribution is 5.89. The lowest BCUT2D eigenvalue weighted by Crippen LogP contribution is -2.10. The van der Waals surface area contributed by atoms with Gasteiger partial charge in [0.2, 0.25) is 11.2 Å². The SMILES string of the molecule is C=C/C=C/C/C=C/COc1coc(COC(=O)c2ccccc2)cc1=O. The third-order valence-electron chi connectivity index (χ3n) is 3.25. The summed E-state index contributed by atoms with van der Waals surface area (Å²) in [7, 11) is 0. The van der Waals surface area contributed by atoms with Gasteiger partial charge in [0.25, 0.3) is 0 Å². The molecule has 0 unspecified atom stereocenters. The summed E-state index contributed by atoms with van der Waals surface area (Å²) in [5.74, 6) is -0.129. The largest absolute Gasteiger partial charge is 0.482 e. The number of carbonyl (C=O) groups is 1. The van der Waals surface area contributed by atoms with E-state index in [-0.39, 0.29) is 30.2 Å². The van der Waals surface area contributed by atoms with E-state index in [9.17, 15) is 9.59 Å². The van der Waals surface area contributed by atoms with Crippen LogP contribution in [-0.2, 0) is 11.3 Å². The Balaban J connectivity index is 1.83. The molecular formula is C21H20O5. The van der Waals surface area contributed by atoms with Gasteiger partial charge >= 0.3 is 5.97 Å². The molecule has 0 saturated carbocycles. The van der Waals surface area contributed by atoms with Gasteiger partial charge in [0, 0.05) is 6.07 Å². The van der Waals surface area contributed by atoms with Crippen LogP contribution in [-0.4, -0.2) is 12.6 Å². The number of ether oxygens (including phenoxy) is 2. The Morgan fingerprint density at radius 3 is 2.69 bits per heavy atom. The molecule has 2 aromatic rings. The van der Waals surface area contributed by atoms with Gasteiger partial charge in [0.05, 0.1) is 5.56 Å². The maximum atomic E-state index is 12.0. The number of hydrogen-bond donors (Lipinski definition) is 0. The summed E-state index contributed by atoms with van der Waals surface area (Å²) in [5, 5.41) is 0. The van der Waals surface area contributed by atoms with Crippen molar-refractivity contribution < 1.29 is 18.7 Å². The lowest BCUT2D eigenvalue weighted by Gasteiger charge is -2.05. The Bertz CT molecular complexity index is 831. The molecule has 0 amide bonds. The van der Waals surface area contributed by atoms with Crippen molar-refractivity contribution in [2.24, 2.45) is 0 Å². The van der Waals surface area contributed by atoms with E-state index < -0.39 is 5.97 Å². The monoisotopic (exact) mass is 352 g/mol. The molecule has 1 aromatic heterocycles. The van der Waals surface area contributed by atoms with Gasteiger partial charge in [0.15, 0.2) is 0 Å². The lowest BCUT2D eigenvalue weighted by atomic mass is 10.2. The van der Waals surface area contributed by atoms with Gasteiger partial charge in [-0.05, 0) is 18.6 Å². The van der Waals surface area contributed by atoms with Crippen molar-refractivity contribution in [2.75, 3.05) is 6.61 Å². The van der Waals surface area contributed by atoms with Crippen molar-refractivity contribution in [1.82, 2.24) is 0 Å². The number of rotatable bonds is 9. The summed E-state index contributed by atoms with van der Waals surface area (Å²) < 4.78 is 15.8. The molecule has 0 N–H and O–H groups in total. The van der Waals surface area contributed by atoms with Crippen LogP contribution in [0, 0.1) is 0 Å². The molecule has 0 spiro atoms. The molecule has 0 radical (unpaired) electrons. The van der Waals surface area contributed by atoms with Gasteiger partial charge in [-0.15, -0.1) is 0 Å². The maximum absolute atomic E-state index is 12.0. The van der Waals surface area contributed by atoms with Gasteiger partial charge < -0.3 is 13.9 Å². The molecule has 0 bridgehead atoms. The molecule has 1 heterocycles. The van der Waals surface area contributed by atoms with Crippen LogP contribution in [0.4, 0.5) is 0 Å². The highest BCUT2D eigenvalue weighted by Crippen LogP contribution is 2.09. The van der Waals surface area contributed by atoms with Crippen molar-refractivity contribution in [2.45, 2.75) is 13.0 Å². The summed E-state index contributed by atoms with van der Waals surface area (Å²) in [5.41, 5.74) is 0.103. The van der Waals surface area contributed by atoms with E-state index in [0.29, 0.717) is 5.56 Å². The highest BCUT2D eigenvalue weighted by atomic mass is 16.5. The first-order valence-corrected chi connectivity index (χ1v) is 8.10. The van der Waals surface area contributed by atoms with Crippen LogP contribution in [0.5, 0.6) is 5.75 Å². The van der Waals surface area contributed by atoms with Crippen LogP contribution in [0.3, 0.4) is 0 Å². The molecule has 5 heteroatoms. The average molecular weight is 352 g/mol. The lowest BCUT2D eigenvalue weighted by molar-refractivity contribution is 0.0442. The fraction of sp³-hybridized carbons (Fsp3) is 0.143. The Kier molecular flexibility index (Phi) is 7.68. The molecule has 0 aliphatic heterocycles. The van der Waals surface area contributed by atoms with Gasteiger partial charge in [-0.2, -0.15) is 0 Å². The van der Waals surface area contributed by atoms with Gasteiger partial charge in [0.1, 0.15) is 25.2 Å². The molecule has 0 atom stereocenters. The van der Waals surface area contributed by atoms with Crippen molar-refractivity contribution >= 4 is 5.97 Å². The van der Waals surface area contributed by atoms with Crippen molar-refractivity contribution in [3.63, 3.8) is 0 Å². The summed E-state index contributed by atoms with van der Waals surface area (Å²) in [6.45, 7) is 3.71. The molecule has 0 fully saturated rings. The minimum absolute atomic E-state index is 0.106. The zero-order valence-corrected chi connectivity index (χ0v) is 14.3. The van der Waals surface area contributed by atoms with Crippen LogP contribution in [0.2, 0.25) is 0 Å².